The van der Waals surface area contributed by atoms with Crippen LogP contribution >= 0.6 is 0 Å². The maximum atomic E-state index is 12.0. The van der Waals surface area contributed by atoms with E-state index >= 15 is 0 Å². The quantitative estimate of drug-likeness (QED) is 0.804. The van der Waals surface area contributed by atoms with E-state index in [1.807, 2.05) is 6.20 Å². The minimum Gasteiger partial charge on any atom is -0.365 e. The highest BCUT2D eigenvalue weighted by molar-refractivity contribution is 5.81. The van der Waals surface area contributed by atoms with Crippen molar-refractivity contribution in [1.29, 1.82) is 0 Å². The van der Waals surface area contributed by atoms with Gasteiger partial charge in [-0.3, -0.25) is 4.79 Å². The van der Waals surface area contributed by atoms with Gasteiger partial charge < -0.3 is 5.32 Å². The van der Waals surface area contributed by atoms with Crippen LogP contribution in [-0.2, 0) is 4.79 Å². The molecule has 1 aliphatic carbocycles. The topological polar surface area (TPSA) is 29.1 Å². The average Bonchev–Trinajstić information content (AvgIpc) is 2.33. The van der Waals surface area contributed by atoms with Gasteiger partial charge in [-0.2, -0.15) is 0 Å². The second kappa shape index (κ2) is 6.04. The van der Waals surface area contributed by atoms with Gasteiger partial charge in [0.25, 0.3) is 0 Å². The van der Waals surface area contributed by atoms with Gasteiger partial charge in [0.2, 0.25) is 0 Å². The summed E-state index contributed by atoms with van der Waals surface area (Å²) >= 11 is 0. The van der Waals surface area contributed by atoms with Crippen molar-refractivity contribution in [1.82, 2.24) is 5.32 Å². The Hall–Kier alpha value is -1.05. The third-order valence-electron chi connectivity index (χ3n) is 3.93. The minimum atomic E-state index is 0.401. The third-order valence-corrected chi connectivity index (χ3v) is 3.93. The molecule has 0 amide bonds. The zero-order valence-corrected chi connectivity index (χ0v) is 10.7. The van der Waals surface area contributed by atoms with Crippen LogP contribution in [0.4, 0.5) is 0 Å². The Bertz CT molecular complexity index is 322. The van der Waals surface area contributed by atoms with Gasteiger partial charge in [-0.25, -0.2) is 0 Å². The molecule has 1 N–H and O–H groups in total. The fourth-order valence-corrected chi connectivity index (χ4v) is 2.77. The standard InChI is InChI=1S/C15H23NO/c1-12-5-7-13(8-6-12)10-15(17)11-14-4-2-3-9-16-14/h3-4,9,12-13,16H,2,5-8,10-11H2,1H3. The van der Waals surface area contributed by atoms with E-state index in [0.717, 1.165) is 24.5 Å². The Morgan fingerprint density at radius 1 is 1.35 bits per heavy atom. The van der Waals surface area contributed by atoms with Crippen molar-refractivity contribution in [3.8, 4) is 0 Å². The molecule has 0 aromatic carbocycles. The molecule has 1 heterocycles. The maximum Gasteiger partial charge on any atom is 0.139 e. The van der Waals surface area contributed by atoms with E-state index in [4.69, 9.17) is 0 Å². The number of allylic oxidation sites excluding steroid dienone is 3. The van der Waals surface area contributed by atoms with Crippen LogP contribution in [0.1, 0.15) is 51.9 Å². The van der Waals surface area contributed by atoms with Crippen molar-refractivity contribution in [3.63, 3.8) is 0 Å². The monoisotopic (exact) mass is 233 g/mol. The van der Waals surface area contributed by atoms with Crippen molar-refractivity contribution in [3.05, 3.63) is 24.0 Å². The molecule has 0 atom stereocenters. The second-order valence-electron chi connectivity index (χ2n) is 5.56. The first kappa shape index (κ1) is 12.4. The highest BCUT2D eigenvalue weighted by Crippen LogP contribution is 2.30. The Morgan fingerprint density at radius 3 is 2.76 bits per heavy atom. The molecule has 0 saturated heterocycles. The van der Waals surface area contributed by atoms with Gasteiger partial charge in [0, 0.05) is 18.5 Å². The summed E-state index contributed by atoms with van der Waals surface area (Å²) in [5, 5.41) is 3.15. The van der Waals surface area contributed by atoms with Crippen LogP contribution in [-0.4, -0.2) is 5.78 Å². The molecule has 1 aliphatic heterocycles. The van der Waals surface area contributed by atoms with Crippen LogP contribution in [0.15, 0.2) is 24.0 Å². The predicted octanol–water partition coefficient (Wildman–Crippen LogP) is 3.55. The molecule has 94 valence electrons. The van der Waals surface area contributed by atoms with Gasteiger partial charge >= 0.3 is 0 Å². The largest absolute Gasteiger partial charge is 0.365 e. The summed E-state index contributed by atoms with van der Waals surface area (Å²) in [6, 6.07) is 0. The molecule has 0 bridgehead atoms. The number of carbonyl (C=O) groups is 1. The molecule has 0 radical (unpaired) electrons. The molecular weight excluding hydrogens is 210 g/mol. The van der Waals surface area contributed by atoms with Crippen LogP contribution in [0.3, 0.4) is 0 Å². The average molecular weight is 233 g/mol. The van der Waals surface area contributed by atoms with E-state index in [1.165, 1.54) is 25.7 Å². The van der Waals surface area contributed by atoms with Crippen LogP contribution < -0.4 is 5.32 Å². The minimum absolute atomic E-state index is 0.401. The first-order chi connectivity index (χ1) is 8.24. The van der Waals surface area contributed by atoms with Gasteiger partial charge in [0.05, 0.1) is 0 Å². The van der Waals surface area contributed by atoms with Gasteiger partial charge in [0.1, 0.15) is 5.78 Å². The second-order valence-corrected chi connectivity index (χ2v) is 5.56. The number of dihydropyridines is 1. The molecule has 2 rings (SSSR count). The van der Waals surface area contributed by atoms with Gasteiger partial charge in [-0.1, -0.05) is 31.9 Å². The number of hydrogen-bond acceptors (Lipinski definition) is 2. The van der Waals surface area contributed by atoms with Crippen LogP contribution in [0, 0.1) is 11.8 Å². The summed E-state index contributed by atoms with van der Waals surface area (Å²) in [5.41, 5.74) is 1.08. The summed E-state index contributed by atoms with van der Waals surface area (Å²) in [7, 11) is 0. The molecule has 1 fully saturated rings. The molecule has 2 heteroatoms. The highest BCUT2D eigenvalue weighted by atomic mass is 16.1. The lowest BCUT2D eigenvalue weighted by atomic mass is 9.80. The number of rotatable bonds is 4. The molecule has 0 unspecified atom stereocenters. The fourth-order valence-electron chi connectivity index (χ4n) is 2.77. The zero-order valence-electron chi connectivity index (χ0n) is 10.7. The molecule has 0 spiro atoms. The normalized spacial score (nSPS) is 28.4. The van der Waals surface area contributed by atoms with Crippen molar-refractivity contribution in [2.75, 3.05) is 0 Å². The number of hydrogen-bond donors (Lipinski definition) is 1. The number of ketones is 1. The van der Waals surface area contributed by atoms with Gasteiger partial charge in [-0.05, 0) is 37.3 Å². The third kappa shape index (κ3) is 4.03. The lowest BCUT2D eigenvalue weighted by Gasteiger charge is -2.25. The van der Waals surface area contributed by atoms with Crippen molar-refractivity contribution in [2.45, 2.75) is 51.9 Å². The summed E-state index contributed by atoms with van der Waals surface area (Å²) in [4.78, 5) is 12.0. The molecule has 2 aliphatic rings. The molecular formula is C15H23NO. The lowest BCUT2D eigenvalue weighted by molar-refractivity contribution is -0.119. The van der Waals surface area contributed by atoms with E-state index in [0.29, 0.717) is 18.1 Å². The first-order valence-corrected chi connectivity index (χ1v) is 6.86. The number of carbonyl (C=O) groups excluding carboxylic acids is 1. The fraction of sp³-hybridized carbons (Fsp3) is 0.667. The number of nitrogens with one attached hydrogen (secondary N) is 1. The SMILES string of the molecule is CC1CCC(CC(=O)CC2=CCC=CN2)CC1. The predicted molar refractivity (Wildman–Crippen MR) is 70.3 cm³/mol. The van der Waals surface area contributed by atoms with E-state index in [2.05, 4.69) is 24.4 Å². The lowest BCUT2D eigenvalue weighted by Crippen LogP contribution is -2.18. The molecule has 0 aromatic heterocycles. The van der Waals surface area contributed by atoms with E-state index < -0.39 is 0 Å². The Labute approximate surface area is 104 Å². The summed E-state index contributed by atoms with van der Waals surface area (Å²) in [6.07, 6.45) is 13.6. The smallest absolute Gasteiger partial charge is 0.139 e. The van der Waals surface area contributed by atoms with Crippen molar-refractivity contribution >= 4 is 5.78 Å². The highest BCUT2D eigenvalue weighted by Gasteiger charge is 2.20. The Kier molecular flexibility index (Phi) is 4.41. The van der Waals surface area contributed by atoms with Crippen LogP contribution in [0.2, 0.25) is 0 Å². The summed E-state index contributed by atoms with van der Waals surface area (Å²) in [5.74, 6) is 1.92. The van der Waals surface area contributed by atoms with Crippen molar-refractivity contribution < 1.29 is 4.79 Å². The molecule has 17 heavy (non-hydrogen) atoms. The van der Waals surface area contributed by atoms with Crippen LogP contribution in [0.5, 0.6) is 0 Å². The van der Waals surface area contributed by atoms with E-state index in [-0.39, 0.29) is 0 Å². The molecule has 0 aromatic rings. The van der Waals surface area contributed by atoms with E-state index in [9.17, 15) is 4.79 Å². The van der Waals surface area contributed by atoms with Crippen molar-refractivity contribution in [2.24, 2.45) is 11.8 Å². The van der Waals surface area contributed by atoms with Gasteiger partial charge in [-0.15, -0.1) is 0 Å². The maximum absolute atomic E-state index is 12.0. The molecule has 2 nitrogen and oxygen atoms in total. The Morgan fingerprint density at radius 2 is 2.12 bits per heavy atom. The molecule has 1 saturated carbocycles. The Balaban J connectivity index is 1.72. The zero-order chi connectivity index (χ0) is 12.1. The number of Topliss-reactive ketones (excluding diaryl/α,β-unsaturated/α-hetero) is 1. The first-order valence-electron chi connectivity index (χ1n) is 6.86. The van der Waals surface area contributed by atoms with Gasteiger partial charge in [0.15, 0.2) is 0 Å². The summed E-state index contributed by atoms with van der Waals surface area (Å²) in [6.45, 7) is 2.32. The van der Waals surface area contributed by atoms with E-state index in [1.54, 1.807) is 0 Å². The van der Waals surface area contributed by atoms with Crippen LogP contribution in [0.25, 0.3) is 0 Å². The summed E-state index contributed by atoms with van der Waals surface area (Å²) < 4.78 is 0.